The second kappa shape index (κ2) is 4.49. The summed E-state index contributed by atoms with van der Waals surface area (Å²) in [6.07, 6.45) is 1.76. The molecule has 0 aliphatic carbocycles. The van der Waals surface area contributed by atoms with E-state index in [2.05, 4.69) is 15.5 Å². The van der Waals surface area contributed by atoms with E-state index in [-0.39, 0.29) is 5.82 Å². The Kier molecular flexibility index (Phi) is 2.68. The van der Waals surface area contributed by atoms with E-state index in [0.717, 1.165) is 16.6 Å². The molecular weight excluding hydrogens is 229 g/mol. The molecule has 2 aromatic carbocycles. The Bertz CT molecular complexity index is 675. The standard InChI is InChI=1S/C14H12FN3/c15-12-5-2-1-4-10(12)8-16-13-6-3-7-14-11(13)9-17-18-14/h1-7,9,16H,8H2,(H,17,18). The number of rotatable bonds is 3. The van der Waals surface area contributed by atoms with Crippen molar-refractivity contribution in [2.24, 2.45) is 0 Å². The van der Waals surface area contributed by atoms with Gasteiger partial charge in [0.15, 0.2) is 0 Å². The molecule has 90 valence electrons. The summed E-state index contributed by atoms with van der Waals surface area (Å²) >= 11 is 0. The molecule has 0 radical (unpaired) electrons. The lowest BCUT2D eigenvalue weighted by molar-refractivity contribution is 0.613. The molecule has 0 fully saturated rings. The zero-order chi connectivity index (χ0) is 12.4. The van der Waals surface area contributed by atoms with Gasteiger partial charge in [0.2, 0.25) is 0 Å². The van der Waals surface area contributed by atoms with Crippen molar-refractivity contribution >= 4 is 16.6 Å². The summed E-state index contributed by atoms with van der Waals surface area (Å²) < 4.78 is 13.5. The monoisotopic (exact) mass is 241 g/mol. The SMILES string of the molecule is Fc1ccccc1CNc1cccc2[nH]ncc12. The van der Waals surface area contributed by atoms with Crippen LogP contribution in [0.4, 0.5) is 10.1 Å². The molecule has 3 rings (SSSR count). The first-order valence-electron chi connectivity index (χ1n) is 5.74. The van der Waals surface area contributed by atoms with Gasteiger partial charge < -0.3 is 5.32 Å². The van der Waals surface area contributed by atoms with Gasteiger partial charge >= 0.3 is 0 Å². The van der Waals surface area contributed by atoms with Crippen LogP contribution in [0.25, 0.3) is 10.9 Å². The van der Waals surface area contributed by atoms with E-state index in [1.807, 2.05) is 24.3 Å². The highest BCUT2D eigenvalue weighted by molar-refractivity contribution is 5.90. The lowest BCUT2D eigenvalue weighted by atomic mass is 10.2. The highest BCUT2D eigenvalue weighted by Gasteiger charge is 2.04. The first kappa shape index (κ1) is 10.8. The number of aromatic nitrogens is 2. The zero-order valence-electron chi connectivity index (χ0n) is 9.65. The maximum atomic E-state index is 13.5. The molecule has 3 nitrogen and oxygen atoms in total. The molecule has 0 unspecified atom stereocenters. The Balaban J connectivity index is 1.85. The van der Waals surface area contributed by atoms with Gasteiger partial charge in [-0.25, -0.2) is 4.39 Å². The summed E-state index contributed by atoms with van der Waals surface area (Å²) in [5.74, 6) is -0.190. The molecule has 0 saturated carbocycles. The van der Waals surface area contributed by atoms with Gasteiger partial charge in [0.05, 0.1) is 11.7 Å². The summed E-state index contributed by atoms with van der Waals surface area (Å²) in [5, 5.41) is 11.1. The Morgan fingerprint density at radius 3 is 2.89 bits per heavy atom. The minimum atomic E-state index is -0.190. The number of hydrogen-bond donors (Lipinski definition) is 2. The van der Waals surface area contributed by atoms with Crippen LogP contribution in [0.2, 0.25) is 0 Å². The van der Waals surface area contributed by atoms with Crippen molar-refractivity contribution < 1.29 is 4.39 Å². The van der Waals surface area contributed by atoms with Crippen LogP contribution in [0.15, 0.2) is 48.7 Å². The first-order valence-corrected chi connectivity index (χ1v) is 5.74. The number of aromatic amines is 1. The maximum Gasteiger partial charge on any atom is 0.128 e. The van der Waals surface area contributed by atoms with Crippen molar-refractivity contribution in [3.05, 3.63) is 60.0 Å². The van der Waals surface area contributed by atoms with Crippen molar-refractivity contribution in [1.29, 1.82) is 0 Å². The topological polar surface area (TPSA) is 40.7 Å². The van der Waals surface area contributed by atoms with Gasteiger partial charge in [-0.05, 0) is 18.2 Å². The second-order valence-corrected chi connectivity index (χ2v) is 4.08. The summed E-state index contributed by atoms with van der Waals surface area (Å²) in [6.45, 7) is 0.455. The number of fused-ring (bicyclic) bond motifs is 1. The zero-order valence-corrected chi connectivity index (χ0v) is 9.65. The normalized spacial score (nSPS) is 10.7. The summed E-state index contributed by atoms with van der Waals surface area (Å²) in [5.41, 5.74) is 2.57. The van der Waals surface area contributed by atoms with E-state index in [9.17, 15) is 4.39 Å². The average molecular weight is 241 g/mol. The lowest BCUT2D eigenvalue weighted by Gasteiger charge is -2.08. The molecule has 3 aromatic rings. The highest BCUT2D eigenvalue weighted by Crippen LogP contribution is 2.21. The van der Waals surface area contributed by atoms with Crippen LogP contribution < -0.4 is 5.32 Å². The summed E-state index contributed by atoms with van der Waals surface area (Å²) in [4.78, 5) is 0. The molecule has 0 bridgehead atoms. The fourth-order valence-corrected chi connectivity index (χ4v) is 1.95. The quantitative estimate of drug-likeness (QED) is 0.738. The second-order valence-electron chi connectivity index (χ2n) is 4.08. The van der Waals surface area contributed by atoms with E-state index < -0.39 is 0 Å². The number of hydrogen-bond acceptors (Lipinski definition) is 2. The van der Waals surface area contributed by atoms with Crippen LogP contribution >= 0.6 is 0 Å². The molecule has 1 aromatic heterocycles. The Morgan fingerprint density at radius 2 is 2.00 bits per heavy atom. The van der Waals surface area contributed by atoms with Crippen LogP contribution in [0.1, 0.15) is 5.56 Å². The smallest absolute Gasteiger partial charge is 0.128 e. The molecule has 0 atom stereocenters. The Morgan fingerprint density at radius 1 is 1.11 bits per heavy atom. The van der Waals surface area contributed by atoms with Gasteiger partial charge in [-0.2, -0.15) is 5.10 Å². The Hall–Kier alpha value is -2.36. The number of halogens is 1. The fraction of sp³-hybridized carbons (Fsp3) is 0.0714. The van der Waals surface area contributed by atoms with Crippen molar-refractivity contribution in [3.63, 3.8) is 0 Å². The molecule has 0 aliphatic rings. The predicted octanol–water partition coefficient (Wildman–Crippen LogP) is 3.31. The van der Waals surface area contributed by atoms with Crippen molar-refractivity contribution in [3.8, 4) is 0 Å². The van der Waals surface area contributed by atoms with Crippen LogP contribution in [0.3, 0.4) is 0 Å². The number of anilines is 1. The summed E-state index contributed by atoms with van der Waals surface area (Å²) in [7, 11) is 0. The Labute approximate surface area is 104 Å². The van der Waals surface area contributed by atoms with Gasteiger partial charge in [-0.15, -0.1) is 0 Å². The van der Waals surface area contributed by atoms with Crippen molar-refractivity contribution in [1.82, 2.24) is 10.2 Å². The van der Waals surface area contributed by atoms with Crippen LogP contribution in [0.5, 0.6) is 0 Å². The van der Waals surface area contributed by atoms with Crippen LogP contribution in [-0.4, -0.2) is 10.2 Å². The largest absolute Gasteiger partial charge is 0.380 e. The third kappa shape index (κ3) is 1.93. The van der Waals surface area contributed by atoms with Crippen molar-refractivity contribution in [2.45, 2.75) is 6.54 Å². The first-order chi connectivity index (χ1) is 8.84. The van der Waals surface area contributed by atoms with Gasteiger partial charge in [0, 0.05) is 23.2 Å². The molecular formula is C14H12FN3. The third-order valence-corrected chi connectivity index (χ3v) is 2.91. The lowest BCUT2D eigenvalue weighted by Crippen LogP contribution is -2.01. The predicted molar refractivity (Wildman–Crippen MR) is 69.8 cm³/mol. The molecule has 4 heteroatoms. The van der Waals surface area contributed by atoms with E-state index in [1.165, 1.54) is 6.07 Å². The molecule has 2 N–H and O–H groups in total. The highest BCUT2D eigenvalue weighted by atomic mass is 19.1. The third-order valence-electron chi connectivity index (χ3n) is 2.91. The number of nitrogens with one attached hydrogen (secondary N) is 2. The fourth-order valence-electron chi connectivity index (χ4n) is 1.95. The van der Waals surface area contributed by atoms with E-state index in [0.29, 0.717) is 12.1 Å². The number of H-pyrrole nitrogens is 1. The van der Waals surface area contributed by atoms with Gasteiger partial charge in [0.25, 0.3) is 0 Å². The maximum absolute atomic E-state index is 13.5. The molecule has 1 heterocycles. The molecule has 0 saturated heterocycles. The number of nitrogens with zero attached hydrogens (tertiary/aromatic N) is 1. The van der Waals surface area contributed by atoms with E-state index in [1.54, 1.807) is 18.3 Å². The van der Waals surface area contributed by atoms with Crippen LogP contribution in [-0.2, 0) is 6.54 Å². The molecule has 0 aliphatic heterocycles. The minimum absolute atomic E-state index is 0.190. The van der Waals surface area contributed by atoms with Crippen LogP contribution in [0, 0.1) is 5.82 Å². The average Bonchev–Trinajstić information content (AvgIpc) is 2.86. The molecule has 18 heavy (non-hydrogen) atoms. The number of benzene rings is 2. The molecule has 0 amide bonds. The summed E-state index contributed by atoms with van der Waals surface area (Å²) in [6, 6.07) is 12.6. The minimum Gasteiger partial charge on any atom is -0.380 e. The van der Waals surface area contributed by atoms with Gasteiger partial charge in [0.1, 0.15) is 5.82 Å². The molecule has 0 spiro atoms. The van der Waals surface area contributed by atoms with Crippen molar-refractivity contribution in [2.75, 3.05) is 5.32 Å². The van der Waals surface area contributed by atoms with Gasteiger partial charge in [-0.3, -0.25) is 5.10 Å². The van der Waals surface area contributed by atoms with E-state index in [4.69, 9.17) is 0 Å². The van der Waals surface area contributed by atoms with E-state index >= 15 is 0 Å². The van der Waals surface area contributed by atoms with Gasteiger partial charge in [-0.1, -0.05) is 24.3 Å².